The third-order valence-corrected chi connectivity index (χ3v) is 31.2. The molecule has 4 heteroatoms. The van der Waals surface area contributed by atoms with Gasteiger partial charge in [-0.2, -0.15) is 0 Å². The van der Waals surface area contributed by atoms with E-state index in [0.29, 0.717) is 0 Å². The van der Waals surface area contributed by atoms with Crippen LogP contribution in [0.3, 0.4) is 0 Å². The van der Waals surface area contributed by atoms with Crippen LogP contribution in [0.25, 0.3) is 0 Å². The zero-order chi connectivity index (χ0) is 12.6. The SMILES string of the molecule is C[Si](C)(C)[Si](c1cccc(Br)c1)[Si](C)(C)C. The van der Waals surface area contributed by atoms with Gasteiger partial charge in [0.2, 0.25) is 0 Å². The Balaban J connectivity index is 3.23. The molecule has 0 saturated heterocycles. The Morgan fingerprint density at radius 3 is 1.81 bits per heavy atom. The van der Waals surface area contributed by atoms with Gasteiger partial charge < -0.3 is 0 Å². The normalized spacial score (nSPS) is 13.2. The van der Waals surface area contributed by atoms with E-state index in [0.717, 1.165) is 0 Å². The van der Waals surface area contributed by atoms with Crippen LogP contribution in [0, 0.1) is 0 Å². The van der Waals surface area contributed by atoms with Crippen molar-refractivity contribution in [2.24, 2.45) is 0 Å². The van der Waals surface area contributed by atoms with Gasteiger partial charge in [-0.3, -0.25) is 0 Å². The average Bonchev–Trinajstić information content (AvgIpc) is 1.97. The molecule has 0 aliphatic carbocycles. The summed E-state index contributed by atoms with van der Waals surface area (Å²) in [6.07, 6.45) is 0. The number of hydrogen-bond donors (Lipinski definition) is 0. The molecule has 1 rings (SSSR count). The van der Waals surface area contributed by atoms with Gasteiger partial charge in [-0.05, 0) is 12.1 Å². The van der Waals surface area contributed by atoms with Gasteiger partial charge in [-0.1, -0.05) is 72.5 Å². The van der Waals surface area contributed by atoms with Crippen LogP contribution in [0.2, 0.25) is 39.3 Å². The van der Waals surface area contributed by atoms with Crippen molar-refractivity contribution in [1.82, 2.24) is 0 Å². The summed E-state index contributed by atoms with van der Waals surface area (Å²) in [6, 6.07) is 9.06. The molecular weight excluding hydrogens is 308 g/mol. The van der Waals surface area contributed by atoms with Gasteiger partial charge >= 0.3 is 0 Å². The molecule has 0 fully saturated rings. The molecule has 0 nitrogen and oxygen atoms in total. The summed E-state index contributed by atoms with van der Waals surface area (Å²) in [5.74, 6) is 0. The minimum Gasteiger partial charge on any atom is -0.0716 e. The molecule has 0 N–H and O–H groups in total. The second kappa shape index (κ2) is 4.92. The fraction of sp³-hybridized carbons (Fsp3) is 0.500. The minimum absolute atomic E-state index is 0.328. The van der Waals surface area contributed by atoms with Crippen LogP contribution in [0.1, 0.15) is 0 Å². The molecule has 0 atom stereocenters. The van der Waals surface area contributed by atoms with Crippen LogP contribution in [0.15, 0.2) is 28.7 Å². The lowest BCUT2D eigenvalue weighted by Gasteiger charge is -2.37. The Morgan fingerprint density at radius 2 is 1.44 bits per heavy atom. The third kappa shape index (κ3) is 3.68. The molecule has 0 aromatic heterocycles. The number of rotatable bonds is 3. The number of benzene rings is 1. The summed E-state index contributed by atoms with van der Waals surface area (Å²) in [6.45, 7) is 15.3. The quantitative estimate of drug-likeness (QED) is 0.735. The summed E-state index contributed by atoms with van der Waals surface area (Å²) >= 11 is 3.61. The van der Waals surface area contributed by atoms with Crippen molar-refractivity contribution < 1.29 is 0 Å². The lowest BCUT2D eigenvalue weighted by atomic mass is 10.4. The molecule has 0 aliphatic heterocycles. The van der Waals surface area contributed by atoms with E-state index >= 15 is 0 Å². The van der Waals surface area contributed by atoms with Crippen LogP contribution in [-0.2, 0) is 0 Å². The molecule has 1 radical (unpaired) electrons. The number of halogens is 1. The summed E-state index contributed by atoms with van der Waals surface area (Å²) in [5.41, 5.74) is 0. The molecule has 0 spiro atoms. The van der Waals surface area contributed by atoms with Crippen molar-refractivity contribution in [2.45, 2.75) is 39.3 Å². The number of hydrogen-bond acceptors (Lipinski definition) is 0. The zero-order valence-corrected chi connectivity index (χ0v) is 15.8. The van der Waals surface area contributed by atoms with E-state index in [9.17, 15) is 0 Å². The first-order valence-corrected chi connectivity index (χ1v) is 17.1. The van der Waals surface area contributed by atoms with Crippen molar-refractivity contribution in [3.8, 4) is 0 Å². The molecule has 0 amide bonds. The van der Waals surface area contributed by atoms with E-state index in [2.05, 4.69) is 79.5 Å². The van der Waals surface area contributed by atoms with E-state index in [1.54, 1.807) is 5.19 Å². The van der Waals surface area contributed by atoms with Crippen molar-refractivity contribution >= 4 is 44.1 Å². The molecule has 0 saturated carbocycles. The van der Waals surface area contributed by atoms with Crippen molar-refractivity contribution in [3.63, 3.8) is 0 Å². The lowest BCUT2D eigenvalue weighted by Crippen LogP contribution is -2.65. The summed E-state index contributed by atoms with van der Waals surface area (Å²) in [4.78, 5) is 0. The molecule has 1 aromatic carbocycles. The van der Waals surface area contributed by atoms with Crippen LogP contribution in [-0.4, -0.2) is 23.0 Å². The maximum atomic E-state index is 3.61. The molecule has 0 aliphatic rings. The molecule has 0 bridgehead atoms. The molecule has 0 unspecified atom stereocenters. The van der Waals surface area contributed by atoms with Crippen molar-refractivity contribution in [3.05, 3.63) is 28.7 Å². The highest BCUT2D eigenvalue weighted by atomic mass is 79.9. The highest BCUT2D eigenvalue weighted by Crippen LogP contribution is 2.19. The van der Waals surface area contributed by atoms with Crippen molar-refractivity contribution in [1.29, 1.82) is 0 Å². The maximum absolute atomic E-state index is 3.61. The van der Waals surface area contributed by atoms with Crippen LogP contribution in [0.4, 0.5) is 0 Å². The van der Waals surface area contributed by atoms with E-state index in [-0.39, 0.29) is 7.83 Å². The van der Waals surface area contributed by atoms with Gasteiger partial charge in [0.25, 0.3) is 0 Å². The monoisotopic (exact) mass is 329 g/mol. The standard InChI is InChI=1S/C12H22BrSi3/c1-15(2,3)14(16(4,5)6)12-9-7-8-11(13)10-12/h7-10H,1-6H3. The topological polar surface area (TPSA) is 0 Å². The van der Waals surface area contributed by atoms with Crippen LogP contribution < -0.4 is 5.19 Å². The van der Waals surface area contributed by atoms with Crippen LogP contribution in [0.5, 0.6) is 0 Å². The average molecular weight is 330 g/mol. The molecular formula is C12H22BrSi3. The van der Waals surface area contributed by atoms with Crippen LogP contribution >= 0.6 is 15.9 Å². The summed E-state index contributed by atoms with van der Waals surface area (Å²) < 4.78 is 1.24. The lowest BCUT2D eigenvalue weighted by molar-refractivity contribution is 1.69. The highest BCUT2D eigenvalue weighted by molar-refractivity contribution is 9.10. The van der Waals surface area contributed by atoms with Gasteiger partial charge in [-0.25, -0.2) is 0 Å². The first-order chi connectivity index (χ1) is 7.12. The summed E-state index contributed by atoms with van der Waals surface area (Å²) in [5, 5.41) is 1.65. The van der Waals surface area contributed by atoms with E-state index < -0.39 is 15.2 Å². The molecule has 16 heavy (non-hydrogen) atoms. The van der Waals surface area contributed by atoms with Crippen molar-refractivity contribution in [2.75, 3.05) is 0 Å². The van der Waals surface area contributed by atoms with E-state index in [1.165, 1.54) is 4.47 Å². The molecule has 1 aromatic rings. The first kappa shape index (κ1) is 14.4. The van der Waals surface area contributed by atoms with Gasteiger partial charge in [0, 0.05) is 19.7 Å². The largest absolute Gasteiger partial charge is 0.0716 e. The Morgan fingerprint density at radius 1 is 0.938 bits per heavy atom. The predicted octanol–water partition coefficient (Wildman–Crippen LogP) is 3.98. The second-order valence-corrected chi connectivity index (χ2v) is 31.1. The second-order valence-electron chi connectivity index (χ2n) is 6.39. The van der Waals surface area contributed by atoms with Gasteiger partial charge in [-0.15, -0.1) is 0 Å². The van der Waals surface area contributed by atoms with Gasteiger partial charge in [0.1, 0.15) is 0 Å². The highest BCUT2D eigenvalue weighted by Gasteiger charge is 2.40. The Labute approximate surface area is 112 Å². The fourth-order valence-electron chi connectivity index (χ4n) is 2.64. The maximum Gasteiger partial charge on any atom is 0.0696 e. The zero-order valence-electron chi connectivity index (χ0n) is 11.2. The first-order valence-electron chi connectivity index (χ1n) is 5.76. The van der Waals surface area contributed by atoms with E-state index in [4.69, 9.17) is 0 Å². The van der Waals surface area contributed by atoms with E-state index in [1.807, 2.05) is 0 Å². The molecule has 89 valence electrons. The Kier molecular flexibility index (Phi) is 4.43. The smallest absolute Gasteiger partial charge is 0.0696 e. The molecule has 0 heterocycles. The minimum atomic E-state index is -1.04. The summed E-state index contributed by atoms with van der Waals surface area (Å²) in [7, 11) is -2.41. The third-order valence-electron chi connectivity index (χ3n) is 2.61. The Hall–Kier alpha value is 0.351. The Bertz CT molecular complexity index is 349. The predicted molar refractivity (Wildman–Crippen MR) is 86.2 cm³/mol. The van der Waals surface area contributed by atoms with Gasteiger partial charge in [0.15, 0.2) is 0 Å². The van der Waals surface area contributed by atoms with Gasteiger partial charge in [0.05, 0.1) is 7.83 Å². The fourth-order valence-corrected chi connectivity index (χ4v) is 40.9.